The summed E-state index contributed by atoms with van der Waals surface area (Å²) < 4.78 is 39.4. The number of hydrogen-bond acceptors (Lipinski definition) is 4. The third kappa shape index (κ3) is 3.31. The highest BCUT2D eigenvalue weighted by Gasteiger charge is 2.36. The van der Waals surface area contributed by atoms with Crippen LogP contribution in [0.5, 0.6) is 0 Å². The van der Waals surface area contributed by atoms with Gasteiger partial charge >= 0.3 is 12.2 Å². The van der Waals surface area contributed by atoms with Crippen molar-refractivity contribution in [2.24, 2.45) is 0 Å². The molecule has 2 aromatic heterocycles. The van der Waals surface area contributed by atoms with E-state index in [0.717, 1.165) is 6.07 Å². The molecular weight excluding hydrogens is 325 g/mol. The van der Waals surface area contributed by atoms with Gasteiger partial charge in [-0.1, -0.05) is 6.92 Å². The molecule has 128 valence electrons. The molecule has 1 N–H and O–H groups in total. The van der Waals surface area contributed by atoms with Crippen LogP contribution in [0.3, 0.4) is 0 Å². The first-order valence-electron chi connectivity index (χ1n) is 7.37. The van der Waals surface area contributed by atoms with Gasteiger partial charge in [0.2, 0.25) is 0 Å². The number of aryl methyl sites for hydroxylation is 1. The first-order chi connectivity index (χ1) is 11.4. The van der Waals surface area contributed by atoms with E-state index in [0.29, 0.717) is 23.6 Å². The van der Waals surface area contributed by atoms with Gasteiger partial charge in [0, 0.05) is 13.0 Å². The lowest BCUT2D eigenvalue weighted by Crippen LogP contribution is -2.40. The maximum absolute atomic E-state index is 12.7. The summed E-state index contributed by atoms with van der Waals surface area (Å²) in [5, 5.41) is 6.17. The summed E-state index contributed by atoms with van der Waals surface area (Å²) in [7, 11) is 0. The minimum absolute atomic E-state index is 0.0583. The highest BCUT2D eigenvalue weighted by Crippen LogP contribution is 2.29. The summed E-state index contributed by atoms with van der Waals surface area (Å²) in [5.74, 6) is 0.662. The molecule has 0 saturated carbocycles. The maximum Gasteiger partial charge on any atom is 0.435 e. The molecule has 24 heavy (non-hydrogen) atoms. The van der Waals surface area contributed by atoms with Crippen LogP contribution in [0.25, 0.3) is 0 Å². The quantitative estimate of drug-likeness (QED) is 0.910. The molecule has 2 aromatic rings. The fourth-order valence-corrected chi connectivity index (χ4v) is 2.38. The Hall–Kier alpha value is -2.65. The molecule has 10 heteroatoms. The smallest absolute Gasteiger partial charge is 0.317 e. The summed E-state index contributed by atoms with van der Waals surface area (Å²) in [5.41, 5.74) is -0.156. The zero-order valence-corrected chi connectivity index (χ0v) is 12.8. The van der Waals surface area contributed by atoms with Crippen LogP contribution in [0.15, 0.2) is 18.5 Å². The number of fused-ring (bicyclic) bond motifs is 1. The van der Waals surface area contributed by atoms with E-state index in [-0.39, 0.29) is 19.6 Å². The molecule has 0 fully saturated rings. The fraction of sp³-hybridized carbons (Fsp3) is 0.429. The predicted molar refractivity (Wildman–Crippen MR) is 78.1 cm³/mol. The molecule has 0 spiro atoms. The molecule has 0 aromatic carbocycles. The number of aromatic nitrogens is 4. The van der Waals surface area contributed by atoms with Crippen molar-refractivity contribution >= 4 is 11.7 Å². The van der Waals surface area contributed by atoms with E-state index < -0.39 is 17.9 Å². The van der Waals surface area contributed by atoms with Gasteiger partial charge in [-0.15, -0.1) is 0 Å². The van der Waals surface area contributed by atoms with Crippen molar-refractivity contribution < 1.29 is 18.0 Å². The summed E-state index contributed by atoms with van der Waals surface area (Å²) in [6.07, 6.45) is -0.805. The van der Waals surface area contributed by atoms with Crippen LogP contribution < -0.4 is 5.32 Å². The van der Waals surface area contributed by atoms with Gasteiger partial charge in [-0.05, 0) is 6.07 Å². The molecule has 0 bridgehead atoms. The van der Waals surface area contributed by atoms with Crippen molar-refractivity contribution in [3.63, 3.8) is 0 Å². The van der Waals surface area contributed by atoms with Crippen molar-refractivity contribution in [3.8, 4) is 0 Å². The molecule has 3 heterocycles. The van der Waals surface area contributed by atoms with Crippen LogP contribution in [0.2, 0.25) is 0 Å². The molecule has 0 saturated heterocycles. The number of urea groups is 1. The minimum atomic E-state index is -4.49. The summed E-state index contributed by atoms with van der Waals surface area (Å²) in [6, 6.07) is 0.558. The van der Waals surface area contributed by atoms with Gasteiger partial charge in [-0.25, -0.2) is 14.8 Å². The first kappa shape index (κ1) is 16.2. The van der Waals surface area contributed by atoms with Crippen molar-refractivity contribution in [3.05, 3.63) is 35.7 Å². The van der Waals surface area contributed by atoms with E-state index in [1.54, 1.807) is 0 Å². The normalized spacial score (nSPS) is 14.4. The lowest BCUT2D eigenvalue weighted by molar-refractivity contribution is -0.141. The number of carbonyl (C=O) groups is 1. The van der Waals surface area contributed by atoms with Crippen molar-refractivity contribution in [1.82, 2.24) is 24.6 Å². The number of carbonyl (C=O) groups excluding carboxylic acids is 1. The summed E-state index contributed by atoms with van der Waals surface area (Å²) >= 11 is 0. The van der Waals surface area contributed by atoms with E-state index in [9.17, 15) is 18.0 Å². The van der Waals surface area contributed by atoms with E-state index in [1.807, 2.05) is 6.92 Å². The molecule has 1 aliphatic rings. The van der Waals surface area contributed by atoms with Crippen LogP contribution in [0, 0.1) is 0 Å². The monoisotopic (exact) mass is 340 g/mol. The molecule has 0 unspecified atom stereocenters. The molecule has 0 radical (unpaired) electrons. The average molecular weight is 340 g/mol. The van der Waals surface area contributed by atoms with Crippen LogP contribution >= 0.6 is 0 Å². The second kappa shape index (κ2) is 6.10. The third-order valence-electron chi connectivity index (χ3n) is 3.65. The SMILES string of the molecule is CCc1ncc(NC(=O)N2CCn3nc(C(F)(F)F)cc3C2)cn1. The van der Waals surface area contributed by atoms with Gasteiger partial charge in [0.25, 0.3) is 0 Å². The average Bonchev–Trinajstić information content (AvgIpc) is 2.99. The second-order valence-corrected chi connectivity index (χ2v) is 5.34. The molecular formula is C14H15F3N6O. The predicted octanol–water partition coefficient (Wildman–Crippen LogP) is 2.30. The Labute approximate surface area is 135 Å². The highest BCUT2D eigenvalue weighted by molar-refractivity contribution is 5.88. The van der Waals surface area contributed by atoms with Crippen LogP contribution in [-0.2, 0) is 25.7 Å². The van der Waals surface area contributed by atoms with Crippen molar-refractivity contribution in [2.45, 2.75) is 32.6 Å². The maximum atomic E-state index is 12.7. The van der Waals surface area contributed by atoms with Crippen LogP contribution in [0.1, 0.15) is 24.1 Å². The number of anilines is 1. The first-order valence-corrected chi connectivity index (χ1v) is 7.37. The zero-order chi connectivity index (χ0) is 17.3. The van der Waals surface area contributed by atoms with E-state index in [2.05, 4.69) is 20.4 Å². The molecule has 2 amide bonds. The van der Waals surface area contributed by atoms with Gasteiger partial charge in [-0.3, -0.25) is 4.68 Å². The number of halogens is 3. The Kier molecular flexibility index (Phi) is 4.12. The molecule has 0 atom stereocenters. The third-order valence-corrected chi connectivity index (χ3v) is 3.65. The second-order valence-electron chi connectivity index (χ2n) is 5.34. The fourth-order valence-electron chi connectivity index (χ4n) is 2.38. The van der Waals surface area contributed by atoms with Gasteiger partial charge < -0.3 is 10.2 Å². The lowest BCUT2D eigenvalue weighted by Gasteiger charge is -2.27. The molecule has 0 aliphatic carbocycles. The van der Waals surface area contributed by atoms with Gasteiger partial charge in [0.05, 0.1) is 36.9 Å². The number of alkyl halides is 3. The van der Waals surface area contributed by atoms with Crippen molar-refractivity contribution in [2.75, 3.05) is 11.9 Å². The van der Waals surface area contributed by atoms with Crippen LogP contribution in [0.4, 0.5) is 23.7 Å². The standard InChI is InChI=1S/C14H15F3N6O/c1-2-12-18-6-9(7-19-12)20-13(24)22-3-4-23-10(8-22)5-11(21-23)14(15,16)17/h5-7H,2-4,8H2,1H3,(H,20,24). The Balaban J connectivity index is 1.68. The number of rotatable bonds is 2. The molecule has 7 nitrogen and oxygen atoms in total. The minimum Gasteiger partial charge on any atom is -0.317 e. The van der Waals surface area contributed by atoms with Gasteiger partial charge in [0.1, 0.15) is 5.82 Å². The topological polar surface area (TPSA) is 75.9 Å². The van der Waals surface area contributed by atoms with Gasteiger partial charge in [0.15, 0.2) is 5.69 Å². The largest absolute Gasteiger partial charge is 0.435 e. The Morgan fingerprint density at radius 2 is 2.00 bits per heavy atom. The lowest BCUT2D eigenvalue weighted by atomic mass is 10.3. The molecule has 1 aliphatic heterocycles. The Morgan fingerprint density at radius 3 is 2.62 bits per heavy atom. The number of nitrogens with one attached hydrogen (secondary N) is 1. The van der Waals surface area contributed by atoms with Crippen LogP contribution in [-0.4, -0.2) is 37.2 Å². The van der Waals surface area contributed by atoms with Crippen molar-refractivity contribution in [1.29, 1.82) is 0 Å². The zero-order valence-electron chi connectivity index (χ0n) is 12.8. The number of hydrogen-bond donors (Lipinski definition) is 1. The Morgan fingerprint density at radius 1 is 1.29 bits per heavy atom. The number of nitrogens with zero attached hydrogens (tertiary/aromatic N) is 5. The van der Waals surface area contributed by atoms with E-state index in [1.165, 1.54) is 22.0 Å². The molecule has 3 rings (SSSR count). The highest BCUT2D eigenvalue weighted by atomic mass is 19.4. The van der Waals surface area contributed by atoms with Gasteiger partial charge in [-0.2, -0.15) is 18.3 Å². The summed E-state index contributed by atoms with van der Waals surface area (Å²) in [6.45, 7) is 2.46. The number of amides is 2. The van der Waals surface area contributed by atoms with E-state index >= 15 is 0 Å². The summed E-state index contributed by atoms with van der Waals surface area (Å²) in [4.78, 5) is 21.8. The Bertz CT molecular complexity index is 740. The van der Waals surface area contributed by atoms with E-state index in [4.69, 9.17) is 0 Å².